The Kier molecular flexibility index (Phi) is 8.81. The number of hydrogen-bond acceptors (Lipinski definition) is 4. The van der Waals surface area contributed by atoms with Gasteiger partial charge in [0, 0.05) is 34.8 Å². The van der Waals surface area contributed by atoms with Crippen LogP contribution in [0.5, 0.6) is 0 Å². The molecule has 0 aliphatic carbocycles. The van der Waals surface area contributed by atoms with E-state index >= 15 is 0 Å². The SMILES string of the molecule is CC(c1ccc(C(=O)NCCC(=O)O)cc1)n1nc(-c2cc(C(F)(F)F)ccc2Cl)cc1-c1cnc2cc(C(F)(F)F)ccc2c1. The molecule has 5 rings (SSSR count). The van der Waals surface area contributed by atoms with Crippen LogP contribution in [-0.2, 0) is 17.1 Å². The maximum atomic E-state index is 13.6. The van der Waals surface area contributed by atoms with Crippen molar-refractivity contribution < 1.29 is 41.0 Å². The van der Waals surface area contributed by atoms with Crippen molar-refractivity contribution in [1.82, 2.24) is 20.1 Å². The number of carboxylic acid groups (broad SMARTS) is 1. The standard InChI is InChI=1S/C32H23ClF6N4O3/c1-17(18-2-4-19(5-3-18)30(46)40-11-10-29(44)45)43-28(15-27(42-43)24-13-22(31(34,35)36)8-9-25(24)33)21-12-20-6-7-23(32(37,38)39)14-26(20)41-16-21/h2-9,12-17H,10-11H2,1H3,(H,40,46)(H,44,45). The van der Waals surface area contributed by atoms with Crippen LogP contribution in [0.4, 0.5) is 26.3 Å². The summed E-state index contributed by atoms with van der Waals surface area (Å²) in [5.74, 6) is -1.53. The monoisotopic (exact) mass is 660 g/mol. The molecule has 0 saturated heterocycles. The maximum absolute atomic E-state index is 13.6. The number of fused-ring (bicyclic) bond motifs is 1. The van der Waals surface area contributed by atoms with Crippen LogP contribution in [0.25, 0.3) is 33.4 Å². The third kappa shape index (κ3) is 6.99. The molecule has 1 unspecified atom stereocenters. The highest BCUT2D eigenvalue weighted by Gasteiger charge is 2.32. The molecule has 0 fully saturated rings. The lowest BCUT2D eigenvalue weighted by atomic mass is 10.0. The summed E-state index contributed by atoms with van der Waals surface area (Å²) in [6, 6.07) is 14.9. The van der Waals surface area contributed by atoms with Crippen molar-refractivity contribution in [3.63, 3.8) is 0 Å². The summed E-state index contributed by atoms with van der Waals surface area (Å²) in [6.07, 6.45) is -8.09. The molecule has 1 atom stereocenters. The van der Waals surface area contributed by atoms with Crippen LogP contribution >= 0.6 is 11.6 Å². The molecule has 238 valence electrons. The molecule has 0 aliphatic heterocycles. The van der Waals surface area contributed by atoms with Crippen LogP contribution in [0.1, 0.15) is 46.4 Å². The Morgan fingerprint density at radius 2 is 1.57 bits per heavy atom. The van der Waals surface area contributed by atoms with Crippen molar-refractivity contribution >= 4 is 34.4 Å². The number of aromatic nitrogens is 3. The highest BCUT2D eigenvalue weighted by atomic mass is 35.5. The van der Waals surface area contributed by atoms with Crippen LogP contribution in [0.15, 0.2) is 79.0 Å². The van der Waals surface area contributed by atoms with Gasteiger partial charge < -0.3 is 10.4 Å². The third-order valence-corrected chi connectivity index (χ3v) is 7.59. The first kappa shape index (κ1) is 32.5. The fourth-order valence-corrected chi connectivity index (χ4v) is 5.03. The summed E-state index contributed by atoms with van der Waals surface area (Å²) < 4.78 is 81.9. The molecule has 0 saturated carbocycles. The van der Waals surface area contributed by atoms with Gasteiger partial charge in [-0.3, -0.25) is 19.3 Å². The summed E-state index contributed by atoms with van der Waals surface area (Å²) in [5, 5.41) is 16.3. The number of nitrogens with zero attached hydrogens (tertiary/aromatic N) is 3. The first-order valence-electron chi connectivity index (χ1n) is 13.7. The first-order valence-corrected chi connectivity index (χ1v) is 14.0. The topological polar surface area (TPSA) is 97.1 Å². The van der Waals surface area contributed by atoms with E-state index < -0.39 is 41.4 Å². The van der Waals surface area contributed by atoms with Gasteiger partial charge in [0.05, 0.1) is 45.5 Å². The van der Waals surface area contributed by atoms with Crippen LogP contribution in [0, 0.1) is 0 Å². The van der Waals surface area contributed by atoms with E-state index in [4.69, 9.17) is 16.7 Å². The van der Waals surface area contributed by atoms with Crippen LogP contribution < -0.4 is 5.32 Å². The molecule has 0 aliphatic rings. The Labute approximate surface area is 262 Å². The lowest BCUT2D eigenvalue weighted by molar-refractivity contribution is -0.138. The van der Waals surface area contributed by atoms with E-state index in [1.54, 1.807) is 25.1 Å². The average Bonchev–Trinajstić information content (AvgIpc) is 3.44. The van der Waals surface area contributed by atoms with Gasteiger partial charge in [0.1, 0.15) is 0 Å². The van der Waals surface area contributed by atoms with Gasteiger partial charge in [-0.1, -0.05) is 29.8 Å². The van der Waals surface area contributed by atoms with Gasteiger partial charge in [-0.2, -0.15) is 31.4 Å². The van der Waals surface area contributed by atoms with Crippen molar-refractivity contribution in [1.29, 1.82) is 0 Å². The van der Waals surface area contributed by atoms with Gasteiger partial charge in [0.2, 0.25) is 0 Å². The molecule has 2 N–H and O–H groups in total. The van der Waals surface area contributed by atoms with Crippen molar-refractivity contribution in [3.05, 3.63) is 106 Å². The Morgan fingerprint density at radius 1 is 0.913 bits per heavy atom. The second-order valence-corrected chi connectivity index (χ2v) is 10.8. The molecular formula is C32H23ClF6N4O3. The van der Waals surface area contributed by atoms with E-state index in [2.05, 4.69) is 15.4 Å². The summed E-state index contributed by atoms with van der Waals surface area (Å²) in [7, 11) is 0. The lowest BCUT2D eigenvalue weighted by Gasteiger charge is -2.17. The molecule has 14 heteroatoms. The summed E-state index contributed by atoms with van der Waals surface area (Å²) in [4.78, 5) is 27.4. The zero-order valence-corrected chi connectivity index (χ0v) is 24.5. The number of nitrogens with one attached hydrogen (secondary N) is 1. The molecule has 0 bridgehead atoms. The van der Waals surface area contributed by atoms with Crippen LogP contribution in [-0.4, -0.2) is 38.3 Å². The molecule has 0 radical (unpaired) electrons. The van der Waals surface area contributed by atoms with E-state index in [0.717, 1.165) is 30.3 Å². The number of alkyl halides is 6. The largest absolute Gasteiger partial charge is 0.481 e. The fourth-order valence-electron chi connectivity index (χ4n) is 4.81. The highest BCUT2D eigenvalue weighted by molar-refractivity contribution is 6.33. The molecule has 2 heterocycles. The van der Waals surface area contributed by atoms with Gasteiger partial charge in [0.15, 0.2) is 0 Å². The zero-order valence-electron chi connectivity index (χ0n) is 23.7. The van der Waals surface area contributed by atoms with Gasteiger partial charge in [-0.05, 0) is 67.1 Å². The molecule has 3 aromatic carbocycles. The van der Waals surface area contributed by atoms with Crippen molar-refractivity contribution in [2.24, 2.45) is 0 Å². The molecular weight excluding hydrogens is 638 g/mol. The van der Waals surface area contributed by atoms with Gasteiger partial charge in [-0.25, -0.2) is 0 Å². The van der Waals surface area contributed by atoms with Crippen molar-refractivity contribution in [3.8, 4) is 22.5 Å². The quantitative estimate of drug-likeness (QED) is 0.163. The Balaban J connectivity index is 1.57. The first-order chi connectivity index (χ1) is 21.6. The third-order valence-electron chi connectivity index (χ3n) is 7.26. The zero-order chi connectivity index (χ0) is 33.4. The predicted octanol–water partition coefficient (Wildman–Crippen LogP) is 8.27. The molecule has 5 aromatic rings. The lowest BCUT2D eigenvalue weighted by Crippen LogP contribution is -2.26. The normalized spacial score (nSPS) is 12.7. The number of amides is 1. The van der Waals surface area contributed by atoms with Crippen molar-refractivity contribution in [2.75, 3.05) is 6.54 Å². The minimum Gasteiger partial charge on any atom is -0.481 e. The van der Waals surface area contributed by atoms with E-state index in [1.165, 1.54) is 35.1 Å². The summed E-state index contributed by atoms with van der Waals surface area (Å²) in [5.41, 5.74) is 0.167. The molecule has 7 nitrogen and oxygen atoms in total. The number of carbonyl (C=O) groups is 2. The van der Waals surface area contributed by atoms with Crippen molar-refractivity contribution in [2.45, 2.75) is 31.7 Å². The number of carbonyl (C=O) groups excluding carboxylic acids is 1. The number of hydrogen-bond donors (Lipinski definition) is 2. The van der Waals surface area contributed by atoms with E-state index in [0.29, 0.717) is 22.2 Å². The smallest absolute Gasteiger partial charge is 0.416 e. The molecule has 1 amide bonds. The number of aliphatic carboxylic acids is 1. The van der Waals surface area contributed by atoms with Gasteiger partial charge >= 0.3 is 18.3 Å². The van der Waals surface area contributed by atoms with Gasteiger partial charge in [0.25, 0.3) is 5.91 Å². The summed E-state index contributed by atoms with van der Waals surface area (Å²) >= 11 is 6.32. The molecule has 2 aromatic heterocycles. The Hall–Kier alpha value is -4.91. The Morgan fingerprint density at radius 3 is 2.22 bits per heavy atom. The van der Waals surface area contributed by atoms with E-state index in [-0.39, 0.29) is 40.3 Å². The molecule has 46 heavy (non-hydrogen) atoms. The number of halogens is 7. The number of pyridine rings is 1. The maximum Gasteiger partial charge on any atom is 0.416 e. The fraction of sp³-hybridized carbons (Fsp3) is 0.188. The number of carboxylic acids is 1. The molecule has 0 spiro atoms. The van der Waals surface area contributed by atoms with E-state index in [1.807, 2.05) is 0 Å². The number of benzene rings is 3. The number of rotatable bonds is 8. The van der Waals surface area contributed by atoms with E-state index in [9.17, 15) is 35.9 Å². The minimum absolute atomic E-state index is 0.0145. The summed E-state index contributed by atoms with van der Waals surface area (Å²) in [6.45, 7) is 1.71. The second-order valence-electron chi connectivity index (χ2n) is 10.4. The highest BCUT2D eigenvalue weighted by Crippen LogP contribution is 2.39. The Bertz CT molecular complexity index is 1940. The van der Waals surface area contributed by atoms with Crippen LogP contribution in [0.2, 0.25) is 5.02 Å². The predicted molar refractivity (Wildman–Crippen MR) is 158 cm³/mol. The minimum atomic E-state index is -4.64. The van der Waals surface area contributed by atoms with Gasteiger partial charge in [-0.15, -0.1) is 0 Å². The second kappa shape index (κ2) is 12.5. The van der Waals surface area contributed by atoms with Crippen LogP contribution in [0.3, 0.4) is 0 Å². The average molecular weight is 661 g/mol.